The van der Waals surface area contributed by atoms with E-state index in [0.29, 0.717) is 12.2 Å². The summed E-state index contributed by atoms with van der Waals surface area (Å²) in [4.78, 5) is 16.0. The van der Waals surface area contributed by atoms with Crippen molar-refractivity contribution in [1.82, 2.24) is 9.55 Å². The molecule has 1 aromatic carbocycles. The van der Waals surface area contributed by atoms with Crippen LogP contribution in [0.25, 0.3) is 11.3 Å². The van der Waals surface area contributed by atoms with Gasteiger partial charge in [-0.3, -0.25) is 4.79 Å². The summed E-state index contributed by atoms with van der Waals surface area (Å²) in [5, 5.41) is 0. The molecule has 0 spiro atoms. The van der Waals surface area contributed by atoms with Gasteiger partial charge in [0.15, 0.2) is 5.78 Å². The number of nitrogens with zero attached hydrogens (tertiary/aromatic N) is 2. The minimum atomic E-state index is 0.0139. The maximum atomic E-state index is 11.7. The molecule has 3 rings (SSSR count). The van der Waals surface area contributed by atoms with E-state index in [1.54, 1.807) is 6.33 Å². The average molecular weight is 226 g/mol. The van der Waals surface area contributed by atoms with E-state index in [1.165, 1.54) is 0 Å². The molecule has 3 heteroatoms. The topological polar surface area (TPSA) is 34.9 Å². The maximum absolute atomic E-state index is 11.7. The average Bonchev–Trinajstić information content (AvgIpc) is 2.98. The van der Waals surface area contributed by atoms with Gasteiger partial charge in [-0.05, 0) is 12.8 Å². The molecule has 0 amide bonds. The molecule has 1 saturated carbocycles. The third-order valence-corrected chi connectivity index (χ3v) is 3.30. The molecule has 1 heterocycles. The van der Waals surface area contributed by atoms with Crippen molar-refractivity contribution < 1.29 is 4.79 Å². The number of hydrogen-bond acceptors (Lipinski definition) is 2. The molecule has 0 saturated heterocycles. The third-order valence-electron chi connectivity index (χ3n) is 3.30. The number of Topliss-reactive ketones (excluding diaryl/α,β-unsaturated/α-hetero) is 1. The second-order valence-corrected chi connectivity index (χ2v) is 4.45. The number of carbonyl (C=O) groups excluding carboxylic acids is 1. The minimum Gasteiger partial charge on any atom is -0.326 e. The van der Waals surface area contributed by atoms with Gasteiger partial charge in [0.25, 0.3) is 0 Å². The number of rotatable bonds is 2. The quantitative estimate of drug-likeness (QED) is 0.789. The van der Waals surface area contributed by atoms with Crippen LogP contribution in [0.4, 0.5) is 0 Å². The molecular weight excluding hydrogens is 212 g/mol. The van der Waals surface area contributed by atoms with Gasteiger partial charge in [-0.15, -0.1) is 0 Å². The largest absolute Gasteiger partial charge is 0.326 e. The summed E-state index contributed by atoms with van der Waals surface area (Å²) in [5.74, 6) is 0.335. The first-order chi connectivity index (χ1) is 8.34. The number of carbonyl (C=O) groups is 1. The normalized spacial score (nSPS) is 19.8. The highest BCUT2D eigenvalue weighted by molar-refractivity contribution is 5.84. The van der Waals surface area contributed by atoms with Crippen LogP contribution in [-0.2, 0) is 4.79 Å². The lowest BCUT2D eigenvalue weighted by Crippen LogP contribution is -2.11. The zero-order valence-corrected chi connectivity index (χ0v) is 9.54. The molecule has 2 aromatic rings. The Labute approximate surface area is 100 Å². The molecule has 0 radical (unpaired) electrons. The van der Waals surface area contributed by atoms with Crippen LogP contribution >= 0.6 is 0 Å². The van der Waals surface area contributed by atoms with Crippen molar-refractivity contribution in [3.05, 3.63) is 42.9 Å². The fraction of sp³-hybridized carbons (Fsp3) is 0.286. The Morgan fingerprint density at radius 3 is 2.76 bits per heavy atom. The zero-order valence-electron chi connectivity index (χ0n) is 9.54. The van der Waals surface area contributed by atoms with Crippen molar-refractivity contribution in [2.45, 2.75) is 25.3 Å². The second-order valence-electron chi connectivity index (χ2n) is 4.45. The van der Waals surface area contributed by atoms with Crippen molar-refractivity contribution >= 4 is 5.78 Å². The fourth-order valence-electron chi connectivity index (χ4n) is 2.38. The lowest BCUT2D eigenvalue weighted by Gasteiger charge is -2.08. The Hall–Kier alpha value is -1.90. The Balaban J connectivity index is 1.91. The molecule has 1 atom stereocenters. The van der Waals surface area contributed by atoms with E-state index in [9.17, 15) is 4.79 Å². The molecule has 1 aliphatic rings. The number of ketones is 1. The van der Waals surface area contributed by atoms with Gasteiger partial charge in [-0.2, -0.15) is 0 Å². The SMILES string of the molecule is O=C1CCCC1n1cnc(-c2ccccc2)c1. The Morgan fingerprint density at radius 1 is 1.24 bits per heavy atom. The summed E-state index contributed by atoms with van der Waals surface area (Å²) in [6.45, 7) is 0. The number of imidazole rings is 1. The summed E-state index contributed by atoms with van der Waals surface area (Å²) >= 11 is 0. The van der Waals surface area contributed by atoms with Gasteiger partial charge in [-0.25, -0.2) is 4.98 Å². The highest BCUT2D eigenvalue weighted by Gasteiger charge is 2.25. The summed E-state index contributed by atoms with van der Waals surface area (Å²) in [5.41, 5.74) is 2.03. The lowest BCUT2D eigenvalue weighted by atomic mass is 10.2. The molecule has 1 aliphatic carbocycles. The summed E-state index contributed by atoms with van der Waals surface area (Å²) in [7, 11) is 0. The van der Waals surface area contributed by atoms with Crippen molar-refractivity contribution in [2.24, 2.45) is 0 Å². The molecule has 86 valence electrons. The molecule has 0 bridgehead atoms. The van der Waals surface area contributed by atoms with Gasteiger partial charge in [0.05, 0.1) is 18.1 Å². The van der Waals surface area contributed by atoms with E-state index >= 15 is 0 Å². The molecule has 17 heavy (non-hydrogen) atoms. The smallest absolute Gasteiger partial charge is 0.155 e. The Kier molecular flexibility index (Phi) is 2.52. The Morgan fingerprint density at radius 2 is 2.06 bits per heavy atom. The van der Waals surface area contributed by atoms with Gasteiger partial charge in [0, 0.05) is 18.2 Å². The molecule has 0 N–H and O–H groups in total. The highest BCUT2D eigenvalue weighted by atomic mass is 16.1. The van der Waals surface area contributed by atoms with Crippen LogP contribution in [0.3, 0.4) is 0 Å². The summed E-state index contributed by atoms with van der Waals surface area (Å²) < 4.78 is 1.96. The van der Waals surface area contributed by atoms with Crippen molar-refractivity contribution in [2.75, 3.05) is 0 Å². The van der Waals surface area contributed by atoms with Gasteiger partial charge in [0.1, 0.15) is 0 Å². The van der Waals surface area contributed by atoms with E-state index in [4.69, 9.17) is 0 Å². The van der Waals surface area contributed by atoms with E-state index in [1.807, 2.05) is 41.1 Å². The van der Waals surface area contributed by atoms with Crippen molar-refractivity contribution in [3.63, 3.8) is 0 Å². The standard InChI is InChI=1S/C14H14N2O/c17-14-8-4-7-13(14)16-9-12(15-10-16)11-5-2-1-3-6-11/h1-3,5-6,9-10,13H,4,7-8H2. The molecule has 1 unspecified atom stereocenters. The van der Waals surface area contributed by atoms with E-state index < -0.39 is 0 Å². The molecule has 1 fully saturated rings. The third kappa shape index (κ3) is 1.88. The lowest BCUT2D eigenvalue weighted by molar-refractivity contribution is -0.120. The first kappa shape index (κ1) is 10.3. The number of hydrogen-bond donors (Lipinski definition) is 0. The summed E-state index contributed by atoms with van der Waals surface area (Å²) in [6.07, 6.45) is 6.41. The fourth-order valence-corrected chi connectivity index (χ4v) is 2.38. The predicted molar refractivity (Wildman–Crippen MR) is 65.6 cm³/mol. The minimum absolute atomic E-state index is 0.0139. The van der Waals surface area contributed by atoms with E-state index in [2.05, 4.69) is 4.98 Å². The number of benzene rings is 1. The van der Waals surface area contributed by atoms with Crippen LogP contribution in [0.5, 0.6) is 0 Å². The first-order valence-electron chi connectivity index (χ1n) is 5.96. The molecule has 0 aliphatic heterocycles. The van der Waals surface area contributed by atoms with E-state index in [0.717, 1.165) is 24.1 Å². The summed E-state index contributed by atoms with van der Waals surface area (Å²) in [6, 6.07) is 10.1. The van der Waals surface area contributed by atoms with Crippen molar-refractivity contribution in [3.8, 4) is 11.3 Å². The van der Waals surface area contributed by atoms with E-state index in [-0.39, 0.29) is 6.04 Å². The monoisotopic (exact) mass is 226 g/mol. The Bertz CT molecular complexity index is 530. The van der Waals surface area contributed by atoms with Crippen molar-refractivity contribution in [1.29, 1.82) is 0 Å². The molecule has 1 aromatic heterocycles. The van der Waals surface area contributed by atoms with Crippen LogP contribution in [-0.4, -0.2) is 15.3 Å². The molecule has 3 nitrogen and oxygen atoms in total. The van der Waals surface area contributed by atoms with Gasteiger partial charge in [0.2, 0.25) is 0 Å². The first-order valence-corrected chi connectivity index (χ1v) is 5.96. The molecular formula is C14H14N2O. The van der Waals surface area contributed by atoms with Gasteiger partial charge >= 0.3 is 0 Å². The van der Waals surface area contributed by atoms with Crippen LogP contribution in [0.15, 0.2) is 42.9 Å². The number of aromatic nitrogens is 2. The zero-order chi connectivity index (χ0) is 11.7. The van der Waals surface area contributed by atoms with Gasteiger partial charge in [-0.1, -0.05) is 30.3 Å². The highest BCUT2D eigenvalue weighted by Crippen LogP contribution is 2.27. The van der Waals surface area contributed by atoms with Crippen LogP contribution in [0.2, 0.25) is 0 Å². The van der Waals surface area contributed by atoms with Crippen LogP contribution in [0, 0.1) is 0 Å². The second kappa shape index (κ2) is 4.17. The van der Waals surface area contributed by atoms with Crippen LogP contribution < -0.4 is 0 Å². The maximum Gasteiger partial charge on any atom is 0.155 e. The predicted octanol–water partition coefficient (Wildman–Crippen LogP) is 2.84. The van der Waals surface area contributed by atoms with Crippen LogP contribution in [0.1, 0.15) is 25.3 Å². The van der Waals surface area contributed by atoms with Gasteiger partial charge < -0.3 is 4.57 Å².